The molecule has 0 radical (unpaired) electrons. The second-order valence-corrected chi connectivity index (χ2v) is 3.34. The van der Waals surface area contributed by atoms with Crippen molar-refractivity contribution in [1.29, 1.82) is 0 Å². The molecule has 3 N–H and O–H groups in total. The van der Waals surface area contributed by atoms with Crippen LogP contribution in [-0.2, 0) is 4.79 Å². The van der Waals surface area contributed by atoms with Crippen molar-refractivity contribution in [3.63, 3.8) is 0 Å². The number of carbonyl (C=O) groups excluding carboxylic acids is 1. The Morgan fingerprint density at radius 1 is 1.18 bits per heavy atom. The van der Waals surface area contributed by atoms with Gasteiger partial charge in [0, 0.05) is 6.54 Å². The van der Waals surface area contributed by atoms with Crippen molar-refractivity contribution in [3.8, 4) is 0 Å². The monoisotopic (exact) mass is 241 g/mol. The fourth-order valence-electron chi connectivity index (χ4n) is 1.01. The van der Waals surface area contributed by atoms with Gasteiger partial charge in [-0.1, -0.05) is 13.8 Å². The molecule has 1 amide bonds. The molecule has 0 aromatic carbocycles. The van der Waals surface area contributed by atoms with E-state index < -0.39 is 0 Å². The van der Waals surface area contributed by atoms with Crippen LogP contribution in [0.3, 0.4) is 0 Å². The van der Waals surface area contributed by atoms with E-state index in [0.717, 1.165) is 26.1 Å². The Balaban J connectivity index is 3.44. The zero-order valence-corrected chi connectivity index (χ0v) is 10.7. The van der Waals surface area contributed by atoms with E-state index in [1.165, 1.54) is 12.6 Å². The Kier molecular flexibility index (Phi) is 11.8. The molecule has 0 spiro atoms. The molecule has 0 heterocycles. The summed E-state index contributed by atoms with van der Waals surface area (Å²) in [7, 11) is 0. The van der Waals surface area contributed by atoms with Crippen LogP contribution >= 0.6 is 0 Å². The average Bonchev–Trinajstić information content (AvgIpc) is 2.33. The van der Waals surface area contributed by atoms with Gasteiger partial charge in [-0.05, 0) is 26.1 Å². The highest BCUT2D eigenvalue weighted by Crippen LogP contribution is 1.73. The third kappa shape index (κ3) is 12.7. The number of hydrogen-bond acceptors (Lipinski definition) is 4. The third-order valence-electron chi connectivity index (χ3n) is 1.87. The summed E-state index contributed by atoms with van der Waals surface area (Å²) in [6.07, 6.45) is 3.53. The van der Waals surface area contributed by atoms with Crippen molar-refractivity contribution >= 4 is 18.5 Å². The summed E-state index contributed by atoms with van der Waals surface area (Å²) in [5.41, 5.74) is 0. The van der Waals surface area contributed by atoms with Crippen LogP contribution in [0.2, 0.25) is 0 Å². The average molecular weight is 241 g/mol. The summed E-state index contributed by atoms with van der Waals surface area (Å²) in [6, 6.07) is 0. The molecule has 6 nitrogen and oxygen atoms in total. The number of nitrogens with one attached hydrogen (secondary N) is 3. The van der Waals surface area contributed by atoms with E-state index in [1.807, 2.05) is 6.92 Å². The minimum Gasteiger partial charge on any atom is -0.351 e. The van der Waals surface area contributed by atoms with Crippen molar-refractivity contribution in [1.82, 2.24) is 16.0 Å². The normalized spacial score (nSPS) is 11.4. The smallest absolute Gasteiger partial charge is 0.262 e. The maximum Gasteiger partial charge on any atom is 0.262 e. The standard InChI is InChI=1S/C11H23N5O/c1-3-12-6-5-7-16-11(17)8-14-10-15-9-13-4-2/h8,10,12-13H,3-7,9H2,1-2H3,(H,16,17)/b14-8+,15-10-. The molecule has 0 fully saturated rings. The van der Waals surface area contributed by atoms with Gasteiger partial charge in [0.25, 0.3) is 5.91 Å². The molecule has 98 valence electrons. The SMILES string of the molecule is CCNCCCNC(=O)/C=N/C=N\CNCC. The van der Waals surface area contributed by atoms with Crippen molar-refractivity contribution in [2.45, 2.75) is 20.3 Å². The maximum absolute atomic E-state index is 11.2. The molecule has 0 unspecified atom stereocenters. The highest BCUT2D eigenvalue weighted by atomic mass is 16.1. The Bertz CT molecular complexity index is 240. The summed E-state index contributed by atoms with van der Waals surface area (Å²) in [4.78, 5) is 18.9. The summed E-state index contributed by atoms with van der Waals surface area (Å²) in [6.45, 7) is 7.98. The summed E-state index contributed by atoms with van der Waals surface area (Å²) in [5.74, 6) is -0.184. The lowest BCUT2D eigenvalue weighted by atomic mass is 10.4. The van der Waals surface area contributed by atoms with Crippen molar-refractivity contribution in [3.05, 3.63) is 0 Å². The van der Waals surface area contributed by atoms with E-state index in [0.29, 0.717) is 13.2 Å². The molecule has 0 bridgehead atoms. The molecule has 0 aliphatic rings. The van der Waals surface area contributed by atoms with Crippen LogP contribution in [0.25, 0.3) is 0 Å². The van der Waals surface area contributed by atoms with E-state index >= 15 is 0 Å². The third-order valence-corrected chi connectivity index (χ3v) is 1.87. The predicted molar refractivity (Wildman–Crippen MR) is 71.7 cm³/mol. The first-order chi connectivity index (χ1) is 8.31. The highest BCUT2D eigenvalue weighted by molar-refractivity contribution is 6.27. The van der Waals surface area contributed by atoms with Gasteiger partial charge in [0.15, 0.2) is 0 Å². The first kappa shape index (κ1) is 15.7. The summed E-state index contributed by atoms with van der Waals surface area (Å²) in [5, 5.41) is 8.93. The van der Waals surface area contributed by atoms with Crippen LogP contribution in [0.4, 0.5) is 0 Å². The van der Waals surface area contributed by atoms with Gasteiger partial charge in [0.2, 0.25) is 0 Å². The second kappa shape index (κ2) is 12.8. The van der Waals surface area contributed by atoms with E-state index in [9.17, 15) is 4.79 Å². The van der Waals surface area contributed by atoms with Crippen LogP contribution in [-0.4, -0.2) is 51.3 Å². The molecular weight excluding hydrogens is 218 g/mol. The van der Waals surface area contributed by atoms with Crippen LogP contribution in [0.15, 0.2) is 9.98 Å². The number of hydrogen-bond donors (Lipinski definition) is 3. The minimum atomic E-state index is -0.184. The van der Waals surface area contributed by atoms with Gasteiger partial charge in [-0.3, -0.25) is 15.1 Å². The largest absolute Gasteiger partial charge is 0.351 e. The fourth-order valence-corrected chi connectivity index (χ4v) is 1.01. The van der Waals surface area contributed by atoms with Gasteiger partial charge in [-0.25, -0.2) is 4.99 Å². The Labute approximate surface area is 103 Å². The van der Waals surface area contributed by atoms with Gasteiger partial charge >= 0.3 is 0 Å². The summed E-state index contributed by atoms with van der Waals surface area (Å²) < 4.78 is 0. The molecule has 0 aromatic rings. The first-order valence-corrected chi connectivity index (χ1v) is 6.02. The molecule has 0 aliphatic heterocycles. The quantitative estimate of drug-likeness (QED) is 0.281. The Morgan fingerprint density at radius 2 is 1.94 bits per heavy atom. The molecular formula is C11H23N5O. The molecule has 0 saturated heterocycles. The van der Waals surface area contributed by atoms with Gasteiger partial charge < -0.3 is 10.6 Å². The molecule has 17 heavy (non-hydrogen) atoms. The molecule has 0 aliphatic carbocycles. The van der Waals surface area contributed by atoms with Gasteiger partial charge in [-0.2, -0.15) is 0 Å². The number of aliphatic imine (C=N–C) groups is 2. The van der Waals surface area contributed by atoms with E-state index in [-0.39, 0.29) is 5.91 Å². The van der Waals surface area contributed by atoms with Crippen molar-refractivity contribution in [2.24, 2.45) is 9.98 Å². The van der Waals surface area contributed by atoms with Gasteiger partial charge in [0.05, 0.1) is 12.9 Å². The van der Waals surface area contributed by atoms with E-state index in [2.05, 4.69) is 32.9 Å². The van der Waals surface area contributed by atoms with Crippen molar-refractivity contribution < 1.29 is 4.79 Å². The molecule has 0 saturated carbocycles. The lowest BCUT2D eigenvalue weighted by Crippen LogP contribution is -2.28. The molecule has 0 atom stereocenters. The van der Waals surface area contributed by atoms with Gasteiger partial charge in [-0.15, -0.1) is 0 Å². The molecule has 0 aromatic heterocycles. The van der Waals surface area contributed by atoms with Crippen LogP contribution < -0.4 is 16.0 Å². The summed E-state index contributed by atoms with van der Waals surface area (Å²) >= 11 is 0. The fraction of sp³-hybridized carbons (Fsp3) is 0.727. The predicted octanol–water partition coefficient (Wildman–Crippen LogP) is -0.232. The number of carbonyl (C=O) groups is 1. The van der Waals surface area contributed by atoms with Crippen LogP contribution in [0, 0.1) is 0 Å². The molecule has 0 rings (SSSR count). The first-order valence-electron chi connectivity index (χ1n) is 6.02. The van der Waals surface area contributed by atoms with Crippen LogP contribution in [0.1, 0.15) is 20.3 Å². The second-order valence-electron chi connectivity index (χ2n) is 3.34. The van der Waals surface area contributed by atoms with Crippen LogP contribution in [0.5, 0.6) is 0 Å². The maximum atomic E-state index is 11.2. The lowest BCUT2D eigenvalue weighted by Gasteiger charge is -2.01. The topological polar surface area (TPSA) is 77.9 Å². The lowest BCUT2D eigenvalue weighted by molar-refractivity contribution is -0.114. The Morgan fingerprint density at radius 3 is 2.65 bits per heavy atom. The number of rotatable bonds is 10. The minimum absolute atomic E-state index is 0.184. The van der Waals surface area contributed by atoms with Crippen molar-refractivity contribution in [2.75, 3.05) is 32.8 Å². The Hall–Kier alpha value is -1.27. The van der Waals surface area contributed by atoms with E-state index in [4.69, 9.17) is 0 Å². The molecule has 6 heteroatoms. The zero-order valence-electron chi connectivity index (χ0n) is 10.7. The number of nitrogens with zero attached hydrogens (tertiary/aromatic N) is 2. The number of amides is 1. The van der Waals surface area contributed by atoms with Gasteiger partial charge in [0.1, 0.15) is 6.34 Å². The zero-order chi connectivity index (χ0) is 12.8. The highest BCUT2D eigenvalue weighted by Gasteiger charge is 1.93. The van der Waals surface area contributed by atoms with E-state index in [1.54, 1.807) is 0 Å².